The van der Waals surface area contributed by atoms with E-state index in [0.29, 0.717) is 18.7 Å². The molecule has 0 aliphatic carbocycles. The molecule has 7 heteroatoms. The molecule has 0 saturated carbocycles. The Hall–Kier alpha value is -1.95. The second kappa shape index (κ2) is 8.62. The van der Waals surface area contributed by atoms with Gasteiger partial charge in [0.2, 0.25) is 0 Å². The van der Waals surface area contributed by atoms with Crippen LogP contribution in [0.5, 0.6) is 5.75 Å². The highest BCUT2D eigenvalue weighted by Crippen LogP contribution is 2.36. The summed E-state index contributed by atoms with van der Waals surface area (Å²) in [7, 11) is 3.09. The summed E-state index contributed by atoms with van der Waals surface area (Å²) in [5.41, 5.74) is 2.10. The number of fused-ring (bicyclic) bond motifs is 1. The second-order valence-electron chi connectivity index (χ2n) is 5.32. The van der Waals surface area contributed by atoms with Gasteiger partial charge in [0.05, 0.1) is 7.11 Å². The van der Waals surface area contributed by atoms with Crippen molar-refractivity contribution < 1.29 is 19.1 Å². The number of carbonyl (C=O) groups is 2. The van der Waals surface area contributed by atoms with E-state index in [1.54, 1.807) is 13.1 Å². The smallest absolute Gasteiger partial charge is 0.414 e. The van der Waals surface area contributed by atoms with Crippen molar-refractivity contribution in [2.45, 2.75) is 25.7 Å². The molecule has 1 N–H and O–H groups in total. The van der Waals surface area contributed by atoms with E-state index in [2.05, 4.69) is 10.1 Å². The van der Waals surface area contributed by atoms with Crippen molar-refractivity contribution in [2.75, 3.05) is 32.6 Å². The number of benzene rings is 1. The highest BCUT2D eigenvalue weighted by molar-refractivity contribution is 5.85. The van der Waals surface area contributed by atoms with Gasteiger partial charge in [-0.3, -0.25) is 4.79 Å². The van der Waals surface area contributed by atoms with Crippen LogP contribution in [0.15, 0.2) is 18.2 Å². The third-order valence-electron chi connectivity index (χ3n) is 3.92. The van der Waals surface area contributed by atoms with Crippen LogP contribution in [0.25, 0.3) is 0 Å². The summed E-state index contributed by atoms with van der Waals surface area (Å²) in [4.78, 5) is 24.5. The minimum absolute atomic E-state index is 0. The molecule has 128 valence electrons. The molecule has 0 aromatic heterocycles. The quantitative estimate of drug-likeness (QED) is 0.833. The summed E-state index contributed by atoms with van der Waals surface area (Å²) in [6, 6.07) is 5.57. The van der Waals surface area contributed by atoms with Gasteiger partial charge in [-0.05, 0) is 25.0 Å². The maximum absolute atomic E-state index is 11.8. The first-order valence-electron chi connectivity index (χ1n) is 7.42. The summed E-state index contributed by atoms with van der Waals surface area (Å²) in [6.07, 6.45) is 0.771. The van der Waals surface area contributed by atoms with Crippen molar-refractivity contribution in [1.82, 2.24) is 4.90 Å². The Kier molecular flexibility index (Phi) is 7.16. The number of halogens is 1. The molecular weight excluding hydrogens is 320 g/mol. The molecule has 1 unspecified atom stereocenters. The van der Waals surface area contributed by atoms with Crippen molar-refractivity contribution in [3.8, 4) is 5.75 Å². The number of methoxy groups -OCH3 is 1. The Labute approximate surface area is 142 Å². The number of esters is 1. The minimum Gasteiger partial charge on any atom is -0.469 e. The summed E-state index contributed by atoms with van der Waals surface area (Å²) < 4.78 is 9.99. The first kappa shape index (κ1) is 19.1. The van der Waals surface area contributed by atoms with Crippen molar-refractivity contribution in [1.29, 1.82) is 0 Å². The molecule has 1 heterocycles. The molecule has 0 spiro atoms. The van der Waals surface area contributed by atoms with Crippen LogP contribution < -0.4 is 10.1 Å². The molecular formula is C16H23ClN2O4. The van der Waals surface area contributed by atoms with Crippen LogP contribution in [0.2, 0.25) is 0 Å². The van der Waals surface area contributed by atoms with Crippen LogP contribution >= 0.6 is 12.4 Å². The van der Waals surface area contributed by atoms with Crippen LogP contribution in [-0.4, -0.2) is 44.2 Å². The summed E-state index contributed by atoms with van der Waals surface area (Å²) in [5.74, 6) is 0.601. The molecule has 0 saturated heterocycles. The predicted molar refractivity (Wildman–Crippen MR) is 90.5 cm³/mol. The maximum atomic E-state index is 11.8. The molecule has 1 aromatic rings. The van der Waals surface area contributed by atoms with E-state index < -0.39 is 0 Å². The fraction of sp³-hybridized carbons (Fsp3) is 0.500. The number of hydrogen-bond acceptors (Lipinski definition) is 5. The van der Waals surface area contributed by atoms with E-state index in [1.807, 2.05) is 19.1 Å². The van der Waals surface area contributed by atoms with E-state index in [4.69, 9.17) is 4.74 Å². The second-order valence-corrected chi connectivity index (χ2v) is 5.32. The molecule has 6 nitrogen and oxygen atoms in total. The largest absolute Gasteiger partial charge is 0.469 e. The lowest BCUT2D eigenvalue weighted by Gasteiger charge is -2.15. The van der Waals surface area contributed by atoms with Gasteiger partial charge in [0, 0.05) is 44.2 Å². The number of anilines is 1. The Morgan fingerprint density at radius 1 is 1.39 bits per heavy atom. The third kappa shape index (κ3) is 4.76. The SMILES string of the molecule is CCN(C)C(=O)Oc1ccc2c(c1)NCC2CCC(=O)OC.Cl. The van der Waals surface area contributed by atoms with Crippen molar-refractivity contribution in [2.24, 2.45) is 0 Å². The first-order valence-corrected chi connectivity index (χ1v) is 7.42. The summed E-state index contributed by atoms with van der Waals surface area (Å²) >= 11 is 0. The lowest BCUT2D eigenvalue weighted by molar-refractivity contribution is -0.140. The van der Waals surface area contributed by atoms with Gasteiger partial charge in [0.25, 0.3) is 0 Å². The Morgan fingerprint density at radius 3 is 2.78 bits per heavy atom. The molecule has 2 rings (SSSR count). The number of hydrogen-bond donors (Lipinski definition) is 1. The topological polar surface area (TPSA) is 67.9 Å². The van der Waals surface area contributed by atoms with Crippen molar-refractivity contribution >= 4 is 30.2 Å². The number of rotatable bonds is 5. The standard InChI is InChI=1S/C16H22N2O4.ClH/c1-4-18(2)16(20)22-12-6-7-13-11(5-8-15(19)21-3)10-17-14(13)9-12;/h6-7,9,11,17H,4-5,8,10H2,1-3H3;1H. The zero-order valence-corrected chi connectivity index (χ0v) is 14.4. The molecule has 1 amide bonds. The highest BCUT2D eigenvalue weighted by Gasteiger charge is 2.23. The minimum atomic E-state index is -0.373. The average molecular weight is 343 g/mol. The molecule has 0 fully saturated rings. The molecule has 23 heavy (non-hydrogen) atoms. The zero-order valence-electron chi connectivity index (χ0n) is 13.6. The van der Waals surface area contributed by atoms with E-state index >= 15 is 0 Å². The predicted octanol–water partition coefficient (Wildman–Crippen LogP) is 3.02. The highest BCUT2D eigenvalue weighted by atomic mass is 35.5. The number of carbonyl (C=O) groups excluding carboxylic acids is 2. The zero-order chi connectivity index (χ0) is 16.1. The Balaban J connectivity index is 0.00000264. The van der Waals surface area contributed by atoms with Gasteiger partial charge in [0.1, 0.15) is 5.75 Å². The fourth-order valence-corrected chi connectivity index (χ4v) is 2.41. The van der Waals surface area contributed by atoms with Crippen LogP contribution in [0.3, 0.4) is 0 Å². The average Bonchev–Trinajstić information content (AvgIpc) is 2.93. The van der Waals surface area contributed by atoms with Gasteiger partial charge in [0.15, 0.2) is 0 Å². The molecule has 1 aromatic carbocycles. The fourth-order valence-electron chi connectivity index (χ4n) is 2.41. The Bertz CT molecular complexity index is 565. The van der Waals surface area contributed by atoms with Crippen molar-refractivity contribution in [3.05, 3.63) is 23.8 Å². The lowest BCUT2D eigenvalue weighted by Crippen LogP contribution is -2.29. The van der Waals surface area contributed by atoms with Crippen molar-refractivity contribution in [3.63, 3.8) is 0 Å². The number of amides is 1. The van der Waals surface area contributed by atoms with Gasteiger partial charge < -0.3 is 19.7 Å². The maximum Gasteiger partial charge on any atom is 0.414 e. The van der Waals surface area contributed by atoms with Gasteiger partial charge in [-0.25, -0.2) is 4.79 Å². The van der Waals surface area contributed by atoms with Gasteiger partial charge in [-0.1, -0.05) is 6.07 Å². The molecule has 1 aliphatic rings. The molecule has 1 aliphatic heterocycles. The normalized spacial score (nSPS) is 15.0. The van der Waals surface area contributed by atoms with Crippen LogP contribution in [0, 0.1) is 0 Å². The lowest BCUT2D eigenvalue weighted by atomic mass is 9.96. The monoisotopic (exact) mass is 342 g/mol. The summed E-state index contributed by atoms with van der Waals surface area (Å²) in [6.45, 7) is 3.26. The number of nitrogens with one attached hydrogen (secondary N) is 1. The van der Waals surface area contributed by atoms with Crippen LogP contribution in [-0.2, 0) is 9.53 Å². The molecule has 1 atom stereocenters. The summed E-state index contributed by atoms with van der Waals surface area (Å²) in [5, 5.41) is 3.29. The first-order chi connectivity index (χ1) is 10.5. The number of nitrogens with zero attached hydrogens (tertiary/aromatic N) is 1. The molecule has 0 radical (unpaired) electrons. The third-order valence-corrected chi connectivity index (χ3v) is 3.92. The van der Waals surface area contributed by atoms with Gasteiger partial charge >= 0.3 is 12.1 Å². The molecule has 0 bridgehead atoms. The van der Waals surface area contributed by atoms with E-state index in [9.17, 15) is 9.59 Å². The number of ether oxygens (including phenoxy) is 2. The Morgan fingerprint density at radius 2 is 2.13 bits per heavy atom. The van der Waals surface area contributed by atoms with Crippen LogP contribution in [0.1, 0.15) is 31.2 Å². The van der Waals surface area contributed by atoms with Gasteiger partial charge in [-0.2, -0.15) is 0 Å². The van der Waals surface area contributed by atoms with Gasteiger partial charge in [-0.15, -0.1) is 12.4 Å². The van der Waals surface area contributed by atoms with E-state index in [0.717, 1.165) is 24.2 Å². The van der Waals surface area contributed by atoms with E-state index in [1.165, 1.54) is 12.0 Å². The van der Waals surface area contributed by atoms with Crippen LogP contribution in [0.4, 0.5) is 10.5 Å². The van der Waals surface area contributed by atoms with E-state index in [-0.39, 0.29) is 30.4 Å².